The highest BCUT2D eigenvalue weighted by molar-refractivity contribution is 7.98. The van der Waals surface area contributed by atoms with E-state index in [4.69, 9.17) is 9.72 Å². The molecule has 0 aliphatic rings. The summed E-state index contributed by atoms with van der Waals surface area (Å²) in [6.45, 7) is 0. The summed E-state index contributed by atoms with van der Waals surface area (Å²) < 4.78 is 10.1. The average molecular weight is 472 g/mol. The second-order valence-electron chi connectivity index (χ2n) is 7.34. The van der Waals surface area contributed by atoms with Crippen LogP contribution in [0.3, 0.4) is 0 Å². The number of hydrogen-bond acceptors (Lipinski definition) is 7. The molecule has 0 fully saturated rings. The first-order valence-corrected chi connectivity index (χ1v) is 12.0. The first-order valence-electron chi connectivity index (χ1n) is 10.2. The Hall–Kier alpha value is -3.69. The van der Waals surface area contributed by atoms with Crippen molar-refractivity contribution in [1.29, 1.82) is 0 Å². The number of methoxy groups -OCH3 is 1. The van der Waals surface area contributed by atoms with Crippen LogP contribution < -0.4 is 10.3 Å². The lowest BCUT2D eigenvalue weighted by atomic mass is 10.2. The molecule has 3 aromatic carbocycles. The second kappa shape index (κ2) is 8.02. The van der Waals surface area contributed by atoms with E-state index in [-0.39, 0.29) is 5.56 Å². The largest absolute Gasteiger partial charge is 0.497 e. The molecule has 33 heavy (non-hydrogen) atoms. The Bertz CT molecular complexity index is 1670. The molecule has 9 heteroatoms. The van der Waals surface area contributed by atoms with E-state index in [1.165, 1.54) is 0 Å². The maximum Gasteiger partial charge on any atom is 0.267 e. The van der Waals surface area contributed by atoms with E-state index in [0.717, 1.165) is 20.7 Å². The predicted molar refractivity (Wildman–Crippen MR) is 132 cm³/mol. The molecule has 0 bridgehead atoms. The van der Waals surface area contributed by atoms with Gasteiger partial charge in [-0.25, -0.2) is 9.55 Å². The Morgan fingerprint density at radius 1 is 1.00 bits per heavy atom. The first-order chi connectivity index (χ1) is 16.2. The third kappa shape index (κ3) is 3.37. The average Bonchev–Trinajstić information content (AvgIpc) is 3.47. The van der Waals surface area contributed by atoms with Crippen molar-refractivity contribution in [3.63, 3.8) is 0 Å². The molecule has 0 N–H and O–H groups in total. The normalized spacial score (nSPS) is 11.5. The van der Waals surface area contributed by atoms with Crippen LogP contribution in [-0.4, -0.2) is 31.3 Å². The summed E-state index contributed by atoms with van der Waals surface area (Å²) in [6.07, 6.45) is 0. The van der Waals surface area contributed by atoms with Gasteiger partial charge in [-0.15, -0.1) is 21.5 Å². The van der Waals surface area contributed by atoms with Crippen molar-refractivity contribution in [3.05, 3.63) is 88.2 Å². The summed E-state index contributed by atoms with van der Waals surface area (Å²) in [5.74, 6) is 1.78. The van der Waals surface area contributed by atoms with Crippen LogP contribution in [0.2, 0.25) is 0 Å². The van der Waals surface area contributed by atoms with Crippen molar-refractivity contribution in [3.8, 4) is 11.4 Å². The van der Waals surface area contributed by atoms with Crippen LogP contribution in [0.4, 0.5) is 0 Å². The van der Waals surface area contributed by atoms with E-state index >= 15 is 0 Å². The number of thioether (sulfide) groups is 1. The minimum atomic E-state index is -0.151. The van der Waals surface area contributed by atoms with Gasteiger partial charge in [0.2, 0.25) is 5.78 Å². The summed E-state index contributed by atoms with van der Waals surface area (Å²) in [6, 6.07) is 23.0. The number of fused-ring (bicyclic) bond motifs is 4. The Morgan fingerprint density at radius 3 is 2.73 bits per heavy atom. The van der Waals surface area contributed by atoms with Gasteiger partial charge in [0.05, 0.1) is 39.7 Å². The van der Waals surface area contributed by atoms with Crippen LogP contribution in [0.1, 0.15) is 5.01 Å². The van der Waals surface area contributed by atoms with Gasteiger partial charge in [0, 0.05) is 6.07 Å². The number of hydrogen-bond donors (Lipinski definition) is 0. The Labute approximate surface area is 196 Å². The lowest BCUT2D eigenvalue weighted by Gasteiger charge is -2.12. The van der Waals surface area contributed by atoms with E-state index in [1.807, 2.05) is 71.1 Å². The molecule has 0 saturated heterocycles. The third-order valence-corrected chi connectivity index (χ3v) is 7.53. The lowest BCUT2D eigenvalue weighted by Crippen LogP contribution is -2.21. The zero-order chi connectivity index (χ0) is 22.4. The fraction of sp³-hybridized carbons (Fsp3) is 0.0833. The van der Waals surface area contributed by atoms with Crippen molar-refractivity contribution in [2.75, 3.05) is 7.11 Å². The molecule has 0 amide bonds. The summed E-state index contributed by atoms with van der Waals surface area (Å²) in [5.41, 5.74) is 2.29. The lowest BCUT2D eigenvalue weighted by molar-refractivity contribution is 0.414. The number of para-hydroxylation sites is 2. The molecule has 0 radical (unpaired) electrons. The van der Waals surface area contributed by atoms with Crippen LogP contribution in [0.5, 0.6) is 5.75 Å². The maximum atomic E-state index is 13.5. The number of ether oxygens (including phenoxy) is 1. The van der Waals surface area contributed by atoms with Gasteiger partial charge in [-0.2, -0.15) is 0 Å². The molecule has 0 spiro atoms. The second-order valence-corrected chi connectivity index (χ2v) is 9.40. The van der Waals surface area contributed by atoms with E-state index in [0.29, 0.717) is 33.5 Å². The van der Waals surface area contributed by atoms with Gasteiger partial charge in [-0.05, 0) is 36.4 Å². The van der Waals surface area contributed by atoms with Crippen LogP contribution in [0, 0.1) is 0 Å². The first kappa shape index (κ1) is 20.0. The number of benzene rings is 3. The monoisotopic (exact) mass is 471 g/mol. The van der Waals surface area contributed by atoms with Crippen molar-refractivity contribution in [1.82, 2.24) is 24.1 Å². The summed E-state index contributed by atoms with van der Waals surface area (Å²) in [4.78, 5) is 18.2. The van der Waals surface area contributed by atoms with Gasteiger partial charge < -0.3 is 4.74 Å². The van der Waals surface area contributed by atoms with E-state index < -0.39 is 0 Å². The van der Waals surface area contributed by atoms with Crippen LogP contribution in [-0.2, 0) is 5.75 Å². The number of rotatable bonds is 5. The van der Waals surface area contributed by atoms with E-state index in [1.54, 1.807) is 34.8 Å². The predicted octanol–water partition coefficient (Wildman–Crippen LogP) is 4.94. The highest BCUT2D eigenvalue weighted by Crippen LogP contribution is 2.29. The van der Waals surface area contributed by atoms with Crippen LogP contribution >= 0.6 is 23.1 Å². The maximum absolute atomic E-state index is 13.5. The van der Waals surface area contributed by atoms with Crippen molar-refractivity contribution < 1.29 is 4.74 Å². The standard InChI is InChI=1S/C24H17N5O2S2/c1-31-16-8-6-7-15(13-16)28-22(30)17-9-2-4-11-19(17)29-23(28)26-27-24(29)32-14-21-25-18-10-3-5-12-20(18)33-21/h2-13H,14H2,1H3. The van der Waals surface area contributed by atoms with Gasteiger partial charge in [0.15, 0.2) is 5.16 Å². The molecule has 0 aliphatic carbocycles. The molecule has 0 atom stereocenters. The van der Waals surface area contributed by atoms with Gasteiger partial charge >= 0.3 is 0 Å². The minimum Gasteiger partial charge on any atom is -0.497 e. The molecule has 7 nitrogen and oxygen atoms in total. The van der Waals surface area contributed by atoms with Crippen molar-refractivity contribution >= 4 is 50.0 Å². The van der Waals surface area contributed by atoms with Gasteiger partial charge in [-0.1, -0.05) is 42.1 Å². The van der Waals surface area contributed by atoms with E-state index in [2.05, 4.69) is 16.3 Å². The molecule has 3 aromatic heterocycles. The topological polar surface area (TPSA) is 74.3 Å². The molecular weight excluding hydrogens is 454 g/mol. The molecule has 0 aliphatic heterocycles. The SMILES string of the molecule is COc1cccc(-n2c(=O)c3ccccc3n3c(SCc4nc5ccccc5s4)nnc23)c1. The molecule has 0 unspecified atom stereocenters. The zero-order valence-electron chi connectivity index (χ0n) is 17.5. The Kier molecular flexibility index (Phi) is 4.85. The number of nitrogens with zero attached hydrogens (tertiary/aromatic N) is 5. The number of thiazole rings is 1. The minimum absolute atomic E-state index is 0.151. The molecule has 6 aromatic rings. The summed E-state index contributed by atoms with van der Waals surface area (Å²) in [5, 5.41) is 11.2. The Morgan fingerprint density at radius 2 is 1.85 bits per heavy atom. The van der Waals surface area contributed by atoms with Gasteiger partial charge in [-0.3, -0.25) is 9.20 Å². The van der Waals surface area contributed by atoms with Crippen molar-refractivity contribution in [2.45, 2.75) is 10.9 Å². The smallest absolute Gasteiger partial charge is 0.267 e. The third-order valence-electron chi connectivity index (χ3n) is 5.37. The van der Waals surface area contributed by atoms with E-state index in [9.17, 15) is 4.79 Å². The summed E-state index contributed by atoms with van der Waals surface area (Å²) in [7, 11) is 1.60. The summed E-state index contributed by atoms with van der Waals surface area (Å²) >= 11 is 3.23. The van der Waals surface area contributed by atoms with Crippen molar-refractivity contribution in [2.24, 2.45) is 0 Å². The van der Waals surface area contributed by atoms with Gasteiger partial charge in [0.25, 0.3) is 5.56 Å². The molecule has 3 heterocycles. The van der Waals surface area contributed by atoms with Crippen LogP contribution in [0.25, 0.3) is 32.6 Å². The highest BCUT2D eigenvalue weighted by atomic mass is 32.2. The zero-order valence-corrected chi connectivity index (χ0v) is 19.1. The molecule has 162 valence electrons. The van der Waals surface area contributed by atoms with Crippen LogP contribution in [0.15, 0.2) is 82.7 Å². The van der Waals surface area contributed by atoms with Gasteiger partial charge in [0.1, 0.15) is 10.8 Å². The highest BCUT2D eigenvalue weighted by Gasteiger charge is 2.18. The Balaban J connectivity index is 1.51. The fourth-order valence-corrected chi connectivity index (χ4v) is 5.76. The number of aromatic nitrogens is 5. The molecular formula is C24H17N5O2S2. The molecule has 0 saturated carbocycles. The fourth-order valence-electron chi connectivity index (χ4n) is 3.86. The molecule has 6 rings (SSSR count). The quantitative estimate of drug-likeness (QED) is 0.332.